The zero-order valence-electron chi connectivity index (χ0n) is 9.40. The monoisotopic (exact) mass is 244 g/mol. The van der Waals surface area contributed by atoms with Crippen molar-refractivity contribution in [1.29, 1.82) is 0 Å². The molecular weight excluding hydrogens is 232 g/mol. The topological polar surface area (TPSA) is 67.6 Å². The second-order valence-corrected chi connectivity index (χ2v) is 4.95. The van der Waals surface area contributed by atoms with E-state index in [1.165, 1.54) is 0 Å². The normalized spacial score (nSPS) is 11.2. The first-order valence-corrected chi connectivity index (χ1v) is 6.19. The van der Waals surface area contributed by atoms with Gasteiger partial charge in [-0.1, -0.05) is 0 Å². The molecule has 4 nitrogen and oxygen atoms in total. The minimum atomic E-state index is 0.551. The van der Waals surface area contributed by atoms with E-state index in [1.54, 1.807) is 17.7 Å². The lowest BCUT2D eigenvalue weighted by Crippen LogP contribution is -1.94. The van der Waals surface area contributed by atoms with Crippen molar-refractivity contribution in [1.82, 2.24) is 15.0 Å². The van der Waals surface area contributed by atoms with Gasteiger partial charge in [-0.05, 0) is 25.1 Å². The lowest BCUT2D eigenvalue weighted by molar-refractivity contribution is 1.06. The summed E-state index contributed by atoms with van der Waals surface area (Å²) in [5, 5.41) is 1.01. The van der Waals surface area contributed by atoms with Crippen molar-refractivity contribution in [2.24, 2.45) is 5.73 Å². The molecule has 0 unspecified atom stereocenters. The van der Waals surface area contributed by atoms with Gasteiger partial charge in [0.05, 0.1) is 23.1 Å². The number of imidazole rings is 1. The third-order valence-electron chi connectivity index (χ3n) is 2.75. The van der Waals surface area contributed by atoms with E-state index in [4.69, 9.17) is 5.73 Å². The fourth-order valence-electron chi connectivity index (χ4n) is 1.81. The van der Waals surface area contributed by atoms with Crippen LogP contribution in [0.3, 0.4) is 0 Å². The predicted molar refractivity (Wildman–Crippen MR) is 69.8 cm³/mol. The Hall–Kier alpha value is -1.72. The highest BCUT2D eigenvalue weighted by Gasteiger charge is 2.09. The summed E-state index contributed by atoms with van der Waals surface area (Å²) in [5.74, 6) is 0. The molecule has 0 fully saturated rings. The SMILES string of the molecule is Cc1nc(-c2ccc3nc[nH]c3c2)sc1CN. The van der Waals surface area contributed by atoms with Crippen LogP contribution in [0.5, 0.6) is 0 Å². The molecule has 17 heavy (non-hydrogen) atoms. The predicted octanol–water partition coefficient (Wildman–Crippen LogP) is 2.45. The largest absolute Gasteiger partial charge is 0.345 e. The Labute approximate surface area is 103 Å². The van der Waals surface area contributed by atoms with Gasteiger partial charge in [0.1, 0.15) is 5.01 Å². The molecule has 3 N–H and O–H groups in total. The molecule has 0 atom stereocenters. The molecule has 0 aliphatic heterocycles. The number of fused-ring (bicyclic) bond motifs is 1. The summed E-state index contributed by atoms with van der Waals surface area (Å²) in [7, 11) is 0. The number of nitrogens with two attached hydrogens (primary N) is 1. The van der Waals surface area contributed by atoms with E-state index in [0.29, 0.717) is 6.54 Å². The van der Waals surface area contributed by atoms with Crippen LogP contribution in [0.4, 0.5) is 0 Å². The van der Waals surface area contributed by atoms with Gasteiger partial charge >= 0.3 is 0 Å². The number of nitrogens with one attached hydrogen (secondary N) is 1. The standard InChI is InChI=1S/C12H12N4S/c1-7-11(5-13)17-12(16-7)8-2-3-9-10(4-8)15-6-14-9/h2-4,6H,5,13H2,1H3,(H,14,15). The highest BCUT2D eigenvalue weighted by Crippen LogP contribution is 2.29. The highest BCUT2D eigenvalue weighted by atomic mass is 32.1. The van der Waals surface area contributed by atoms with Crippen LogP contribution in [0.2, 0.25) is 0 Å². The smallest absolute Gasteiger partial charge is 0.123 e. The first-order chi connectivity index (χ1) is 8.28. The maximum atomic E-state index is 5.67. The summed E-state index contributed by atoms with van der Waals surface area (Å²) >= 11 is 1.65. The third kappa shape index (κ3) is 1.73. The summed E-state index contributed by atoms with van der Waals surface area (Å²) in [5.41, 5.74) is 9.81. The van der Waals surface area contributed by atoms with Gasteiger partial charge in [0, 0.05) is 17.0 Å². The van der Waals surface area contributed by atoms with Crippen molar-refractivity contribution in [3.63, 3.8) is 0 Å². The molecule has 0 aliphatic carbocycles. The van der Waals surface area contributed by atoms with Gasteiger partial charge < -0.3 is 10.7 Å². The number of hydrogen-bond donors (Lipinski definition) is 2. The van der Waals surface area contributed by atoms with Crippen LogP contribution in [0.1, 0.15) is 10.6 Å². The summed E-state index contributed by atoms with van der Waals surface area (Å²) in [6, 6.07) is 6.11. The molecule has 0 radical (unpaired) electrons. The number of hydrogen-bond acceptors (Lipinski definition) is 4. The van der Waals surface area contributed by atoms with E-state index in [-0.39, 0.29) is 0 Å². The van der Waals surface area contributed by atoms with Crippen molar-refractivity contribution in [3.05, 3.63) is 35.1 Å². The van der Waals surface area contributed by atoms with E-state index in [1.807, 2.05) is 19.1 Å². The van der Waals surface area contributed by atoms with Gasteiger partial charge in [0.2, 0.25) is 0 Å². The van der Waals surface area contributed by atoms with Crippen LogP contribution >= 0.6 is 11.3 Å². The molecule has 2 aromatic heterocycles. The fourth-order valence-corrected chi connectivity index (χ4v) is 2.75. The van der Waals surface area contributed by atoms with Gasteiger partial charge in [0.25, 0.3) is 0 Å². The number of aromatic nitrogens is 3. The number of rotatable bonds is 2. The summed E-state index contributed by atoms with van der Waals surface area (Å²) in [6.07, 6.45) is 1.70. The lowest BCUT2D eigenvalue weighted by Gasteiger charge is -1.95. The zero-order chi connectivity index (χ0) is 11.8. The summed E-state index contributed by atoms with van der Waals surface area (Å²) in [4.78, 5) is 13.0. The van der Waals surface area contributed by atoms with E-state index < -0.39 is 0 Å². The Morgan fingerprint density at radius 2 is 2.29 bits per heavy atom. The van der Waals surface area contributed by atoms with E-state index in [0.717, 1.165) is 32.2 Å². The quantitative estimate of drug-likeness (QED) is 0.727. The molecule has 0 aliphatic rings. The Kier molecular flexibility index (Phi) is 2.42. The van der Waals surface area contributed by atoms with Crippen LogP contribution in [0.25, 0.3) is 21.6 Å². The van der Waals surface area contributed by atoms with Crippen LogP contribution < -0.4 is 5.73 Å². The molecule has 0 saturated carbocycles. The van der Waals surface area contributed by atoms with Gasteiger partial charge in [-0.3, -0.25) is 0 Å². The van der Waals surface area contributed by atoms with Crippen LogP contribution in [-0.4, -0.2) is 15.0 Å². The Morgan fingerprint density at radius 1 is 1.41 bits per heavy atom. The lowest BCUT2D eigenvalue weighted by atomic mass is 10.2. The van der Waals surface area contributed by atoms with Gasteiger partial charge in [-0.25, -0.2) is 9.97 Å². The molecule has 3 rings (SSSR count). The van der Waals surface area contributed by atoms with Crippen LogP contribution in [0.15, 0.2) is 24.5 Å². The minimum Gasteiger partial charge on any atom is -0.345 e. The molecule has 0 bridgehead atoms. The second-order valence-electron chi connectivity index (χ2n) is 3.87. The molecule has 0 saturated heterocycles. The van der Waals surface area contributed by atoms with Crippen molar-refractivity contribution < 1.29 is 0 Å². The number of aryl methyl sites for hydroxylation is 1. The van der Waals surface area contributed by atoms with Gasteiger partial charge in [0.15, 0.2) is 0 Å². The van der Waals surface area contributed by atoms with Crippen molar-refractivity contribution in [2.75, 3.05) is 0 Å². The number of thiazole rings is 1. The molecule has 0 spiro atoms. The molecule has 5 heteroatoms. The van der Waals surface area contributed by atoms with Gasteiger partial charge in [-0.2, -0.15) is 0 Å². The molecule has 2 heterocycles. The average molecular weight is 244 g/mol. The molecule has 3 aromatic rings. The van der Waals surface area contributed by atoms with Crippen molar-refractivity contribution in [3.8, 4) is 10.6 Å². The Balaban J connectivity index is 2.12. The highest BCUT2D eigenvalue weighted by molar-refractivity contribution is 7.15. The second kappa shape index (κ2) is 3.94. The molecule has 0 amide bonds. The number of aromatic amines is 1. The molecule has 1 aromatic carbocycles. The maximum Gasteiger partial charge on any atom is 0.123 e. The zero-order valence-corrected chi connectivity index (χ0v) is 10.2. The van der Waals surface area contributed by atoms with E-state index in [2.05, 4.69) is 21.0 Å². The minimum absolute atomic E-state index is 0.551. The molecular formula is C12H12N4S. The van der Waals surface area contributed by atoms with E-state index in [9.17, 15) is 0 Å². The third-order valence-corrected chi connectivity index (χ3v) is 3.97. The Morgan fingerprint density at radius 3 is 3.06 bits per heavy atom. The first kappa shape index (κ1) is 10.4. The van der Waals surface area contributed by atoms with Crippen molar-refractivity contribution in [2.45, 2.75) is 13.5 Å². The average Bonchev–Trinajstić information content (AvgIpc) is 2.93. The Bertz CT molecular complexity index is 668. The maximum absolute atomic E-state index is 5.67. The van der Waals surface area contributed by atoms with E-state index >= 15 is 0 Å². The summed E-state index contributed by atoms with van der Waals surface area (Å²) < 4.78 is 0. The van der Waals surface area contributed by atoms with Gasteiger partial charge in [-0.15, -0.1) is 11.3 Å². The van der Waals surface area contributed by atoms with Crippen LogP contribution in [0, 0.1) is 6.92 Å². The van der Waals surface area contributed by atoms with Crippen LogP contribution in [-0.2, 0) is 6.54 Å². The number of benzene rings is 1. The number of H-pyrrole nitrogens is 1. The fraction of sp³-hybridized carbons (Fsp3) is 0.167. The first-order valence-electron chi connectivity index (χ1n) is 5.38. The molecule has 86 valence electrons. The van der Waals surface area contributed by atoms with Crippen molar-refractivity contribution >= 4 is 22.4 Å². The summed E-state index contributed by atoms with van der Waals surface area (Å²) in [6.45, 7) is 2.55. The number of nitrogens with zero attached hydrogens (tertiary/aromatic N) is 2.